The number of hydrogen-bond donors (Lipinski definition) is 1. The first kappa shape index (κ1) is 19.8. The SMILES string of the molecule is CC(=O)c1cc(C(=O)N2CCC[C@@H](C(=O)c3ccc(C(F)(F)F)cc3)C2)[nH]n1. The molecule has 0 unspecified atom stereocenters. The quantitative estimate of drug-likeness (QED) is 0.808. The van der Waals surface area contributed by atoms with Gasteiger partial charge in [0.25, 0.3) is 5.91 Å². The summed E-state index contributed by atoms with van der Waals surface area (Å²) < 4.78 is 38.0. The first-order chi connectivity index (χ1) is 13.2. The first-order valence-electron chi connectivity index (χ1n) is 8.74. The van der Waals surface area contributed by atoms with Crippen molar-refractivity contribution in [2.24, 2.45) is 5.92 Å². The monoisotopic (exact) mass is 393 g/mol. The van der Waals surface area contributed by atoms with Gasteiger partial charge in [-0.05, 0) is 31.0 Å². The maximum Gasteiger partial charge on any atom is 0.416 e. The molecule has 1 aliphatic heterocycles. The predicted molar refractivity (Wildman–Crippen MR) is 93.0 cm³/mol. The second-order valence-corrected chi connectivity index (χ2v) is 6.75. The second-order valence-electron chi connectivity index (χ2n) is 6.75. The summed E-state index contributed by atoms with van der Waals surface area (Å²) >= 11 is 0. The van der Waals surface area contributed by atoms with Crippen LogP contribution < -0.4 is 0 Å². The zero-order valence-electron chi connectivity index (χ0n) is 15.0. The number of rotatable bonds is 4. The van der Waals surface area contributed by atoms with E-state index >= 15 is 0 Å². The van der Waals surface area contributed by atoms with Gasteiger partial charge in [0.2, 0.25) is 0 Å². The number of alkyl halides is 3. The van der Waals surface area contributed by atoms with Crippen molar-refractivity contribution in [2.75, 3.05) is 13.1 Å². The van der Waals surface area contributed by atoms with Gasteiger partial charge in [-0.3, -0.25) is 19.5 Å². The standard InChI is InChI=1S/C19H18F3N3O3/c1-11(26)15-9-16(24-23-15)18(28)25-8-2-3-13(10-25)17(27)12-4-6-14(7-5-12)19(20,21)22/h4-7,9,13H,2-3,8,10H2,1H3,(H,23,24)/t13-/m1/s1. The summed E-state index contributed by atoms with van der Waals surface area (Å²) in [5.41, 5.74) is -0.316. The molecule has 1 aromatic heterocycles. The molecule has 0 spiro atoms. The molecule has 6 nitrogen and oxygen atoms in total. The summed E-state index contributed by atoms with van der Waals surface area (Å²) in [5, 5.41) is 6.31. The lowest BCUT2D eigenvalue weighted by Crippen LogP contribution is -2.42. The number of carbonyl (C=O) groups is 3. The van der Waals surface area contributed by atoms with E-state index in [9.17, 15) is 27.6 Å². The molecule has 1 N–H and O–H groups in total. The summed E-state index contributed by atoms with van der Waals surface area (Å²) in [5.74, 6) is -1.43. The van der Waals surface area contributed by atoms with Crippen molar-refractivity contribution >= 4 is 17.5 Å². The van der Waals surface area contributed by atoms with Crippen LogP contribution in [-0.2, 0) is 6.18 Å². The summed E-state index contributed by atoms with van der Waals surface area (Å²) in [4.78, 5) is 38.1. The number of ketones is 2. The Hall–Kier alpha value is -2.97. The molecule has 1 saturated heterocycles. The second kappa shape index (κ2) is 7.57. The van der Waals surface area contributed by atoms with Gasteiger partial charge in [0.15, 0.2) is 11.6 Å². The number of piperidine rings is 1. The maximum absolute atomic E-state index is 12.7. The van der Waals surface area contributed by atoms with Gasteiger partial charge in [-0.1, -0.05) is 12.1 Å². The Labute approximate surface area is 158 Å². The number of benzene rings is 1. The zero-order valence-corrected chi connectivity index (χ0v) is 15.0. The average Bonchev–Trinajstić information content (AvgIpc) is 3.17. The fourth-order valence-electron chi connectivity index (χ4n) is 3.22. The van der Waals surface area contributed by atoms with Crippen molar-refractivity contribution in [3.8, 4) is 0 Å². The lowest BCUT2D eigenvalue weighted by molar-refractivity contribution is -0.137. The summed E-state index contributed by atoms with van der Waals surface area (Å²) in [6, 6.07) is 5.46. The molecule has 1 amide bonds. The van der Waals surface area contributed by atoms with E-state index in [0.29, 0.717) is 19.4 Å². The van der Waals surface area contributed by atoms with Crippen LogP contribution in [0, 0.1) is 5.92 Å². The Morgan fingerprint density at radius 3 is 2.43 bits per heavy atom. The first-order valence-corrected chi connectivity index (χ1v) is 8.74. The molecule has 0 aliphatic carbocycles. The lowest BCUT2D eigenvalue weighted by atomic mass is 9.89. The maximum atomic E-state index is 12.7. The highest BCUT2D eigenvalue weighted by molar-refractivity contribution is 6.00. The third kappa shape index (κ3) is 4.13. The largest absolute Gasteiger partial charge is 0.416 e. The van der Waals surface area contributed by atoms with Gasteiger partial charge in [0.1, 0.15) is 11.4 Å². The van der Waals surface area contributed by atoms with Gasteiger partial charge in [0, 0.05) is 31.5 Å². The van der Waals surface area contributed by atoms with Crippen molar-refractivity contribution < 1.29 is 27.6 Å². The van der Waals surface area contributed by atoms with Gasteiger partial charge >= 0.3 is 6.18 Å². The minimum Gasteiger partial charge on any atom is -0.337 e. The van der Waals surface area contributed by atoms with E-state index in [0.717, 1.165) is 12.1 Å². The number of amides is 1. The van der Waals surface area contributed by atoms with E-state index in [-0.39, 0.29) is 41.0 Å². The molecule has 2 heterocycles. The van der Waals surface area contributed by atoms with E-state index in [2.05, 4.69) is 10.2 Å². The van der Waals surface area contributed by atoms with Crippen LogP contribution in [0.15, 0.2) is 30.3 Å². The summed E-state index contributed by atoms with van der Waals surface area (Å²) in [7, 11) is 0. The minimum atomic E-state index is -4.46. The molecule has 2 aromatic rings. The van der Waals surface area contributed by atoms with Crippen LogP contribution in [0.4, 0.5) is 13.2 Å². The molecular weight excluding hydrogens is 375 g/mol. The molecule has 1 atom stereocenters. The average molecular weight is 393 g/mol. The van der Waals surface area contributed by atoms with E-state index in [1.54, 1.807) is 0 Å². The van der Waals surface area contributed by atoms with E-state index in [4.69, 9.17) is 0 Å². The van der Waals surface area contributed by atoms with Gasteiger partial charge < -0.3 is 4.90 Å². The Balaban J connectivity index is 1.70. The number of aromatic amines is 1. The van der Waals surface area contributed by atoms with E-state index in [1.807, 2.05) is 0 Å². The molecular formula is C19H18F3N3O3. The minimum absolute atomic E-state index is 0.151. The van der Waals surface area contributed by atoms with Crippen LogP contribution in [-0.4, -0.2) is 45.7 Å². The van der Waals surface area contributed by atoms with Gasteiger partial charge in [-0.15, -0.1) is 0 Å². The molecule has 3 rings (SSSR count). The Kier molecular flexibility index (Phi) is 5.35. The van der Waals surface area contributed by atoms with Crippen LogP contribution in [0.3, 0.4) is 0 Å². The molecule has 28 heavy (non-hydrogen) atoms. The molecule has 0 saturated carbocycles. The molecule has 1 aliphatic rings. The topological polar surface area (TPSA) is 83.1 Å². The van der Waals surface area contributed by atoms with E-state index < -0.39 is 17.7 Å². The fourth-order valence-corrected chi connectivity index (χ4v) is 3.22. The number of aromatic nitrogens is 2. The van der Waals surface area contributed by atoms with Gasteiger partial charge in [-0.25, -0.2) is 0 Å². The Bertz CT molecular complexity index is 903. The molecule has 148 valence electrons. The van der Waals surface area contributed by atoms with Crippen LogP contribution in [0.25, 0.3) is 0 Å². The molecule has 1 fully saturated rings. The fraction of sp³-hybridized carbons (Fsp3) is 0.368. The van der Waals surface area contributed by atoms with Crippen LogP contribution in [0.5, 0.6) is 0 Å². The number of halogens is 3. The zero-order chi connectivity index (χ0) is 20.5. The highest BCUT2D eigenvalue weighted by atomic mass is 19.4. The van der Waals surface area contributed by atoms with Crippen molar-refractivity contribution in [1.29, 1.82) is 0 Å². The van der Waals surface area contributed by atoms with Crippen LogP contribution in [0.2, 0.25) is 0 Å². The van der Waals surface area contributed by atoms with Crippen molar-refractivity contribution in [3.63, 3.8) is 0 Å². The highest BCUT2D eigenvalue weighted by Crippen LogP contribution is 2.30. The van der Waals surface area contributed by atoms with Crippen molar-refractivity contribution in [1.82, 2.24) is 15.1 Å². The van der Waals surface area contributed by atoms with Crippen LogP contribution in [0.1, 0.15) is 56.7 Å². The summed E-state index contributed by atoms with van der Waals surface area (Å²) in [6.45, 7) is 1.95. The highest BCUT2D eigenvalue weighted by Gasteiger charge is 2.32. The summed E-state index contributed by atoms with van der Waals surface area (Å²) in [6.07, 6.45) is -3.32. The third-order valence-corrected chi connectivity index (χ3v) is 4.75. The normalized spacial score (nSPS) is 17.4. The number of nitrogens with zero attached hydrogens (tertiary/aromatic N) is 2. The molecule has 1 aromatic carbocycles. The molecule has 0 bridgehead atoms. The number of likely N-dealkylation sites (tertiary alicyclic amines) is 1. The number of H-pyrrole nitrogens is 1. The van der Waals surface area contributed by atoms with Gasteiger partial charge in [0.05, 0.1) is 5.56 Å². The molecule has 0 radical (unpaired) electrons. The number of hydrogen-bond acceptors (Lipinski definition) is 4. The molecule has 9 heteroatoms. The number of carbonyl (C=O) groups excluding carboxylic acids is 3. The van der Waals surface area contributed by atoms with Gasteiger partial charge in [-0.2, -0.15) is 18.3 Å². The lowest BCUT2D eigenvalue weighted by Gasteiger charge is -2.31. The van der Waals surface area contributed by atoms with Crippen molar-refractivity contribution in [2.45, 2.75) is 25.9 Å². The number of Topliss-reactive ketones (excluding diaryl/α,β-unsaturated/α-hetero) is 2. The predicted octanol–water partition coefficient (Wildman–Crippen LogP) is 3.37. The smallest absolute Gasteiger partial charge is 0.337 e. The van der Waals surface area contributed by atoms with Crippen molar-refractivity contribution in [3.05, 3.63) is 52.8 Å². The Morgan fingerprint density at radius 2 is 1.86 bits per heavy atom. The van der Waals surface area contributed by atoms with Crippen LogP contribution >= 0.6 is 0 Å². The number of nitrogens with one attached hydrogen (secondary N) is 1. The van der Waals surface area contributed by atoms with E-state index in [1.165, 1.54) is 30.0 Å². The third-order valence-electron chi connectivity index (χ3n) is 4.75. The Morgan fingerprint density at radius 1 is 1.18 bits per heavy atom.